The Morgan fingerprint density at radius 1 is 1.21 bits per heavy atom. The molecule has 0 radical (unpaired) electrons. The summed E-state index contributed by atoms with van der Waals surface area (Å²) in [7, 11) is 0. The van der Waals surface area contributed by atoms with E-state index in [1.165, 1.54) is 11.1 Å². The molecule has 2 nitrogen and oxygen atoms in total. The van der Waals surface area contributed by atoms with Crippen LogP contribution in [-0.4, -0.2) is 19.3 Å². The van der Waals surface area contributed by atoms with E-state index in [1.807, 2.05) is 0 Å². The first-order valence-electron chi connectivity index (χ1n) is 5.07. The van der Waals surface area contributed by atoms with Crippen molar-refractivity contribution in [1.29, 1.82) is 0 Å². The van der Waals surface area contributed by atoms with Crippen LogP contribution in [0.4, 0.5) is 0 Å². The predicted molar refractivity (Wildman–Crippen MR) is 55.8 cm³/mol. The van der Waals surface area contributed by atoms with Gasteiger partial charge in [-0.2, -0.15) is 0 Å². The molecule has 14 heavy (non-hydrogen) atoms. The normalized spacial score (nSPS) is 21.1. The minimum atomic E-state index is 0.246. The van der Waals surface area contributed by atoms with Crippen LogP contribution in [0.3, 0.4) is 0 Å². The number of hydrogen-bond acceptors (Lipinski definition) is 2. The lowest BCUT2D eigenvalue weighted by atomic mass is 10.1. The second kappa shape index (κ2) is 4.01. The average Bonchev–Trinajstić information content (AvgIpc) is 2.54. The third-order valence-corrected chi connectivity index (χ3v) is 2.39. The highest BCUT2D eigenvalue weighted by Crippen LogP contribution is 2.20. The third kappa shape index (κ3) is 2.26. The lowest BCUT2D eigenvalue weighted by Crippen LogP contribution is -2.15. The van der Waals surface area contributed by atoms with E-state index >= 15 is 0 Å². The van der Waals surface area contributed by atoms with E-state index in [0.717, 1.165) is 25.4 Å². The Bertz CT molecular complexity index is 294. The molecule has 1 heterocycles. The maximum absolute atomic E-state index is 5.81. The van der Waals surface area contributed by atoms with Crippen LogP contribution < -0.4 is 4.74 Å². The summed E-state index contributed by atoms with van der Waals surface area (Å²) in [4.78, 5) is 0. The summed E-state index contributed by atoms with van der Waals surface area (Å²) in [6.07, 6.45) is 1.25. The van der Waals surface area contributed by atoms with Crippen molar-refractivity contribution in [3.63, 3.8) is 0 Å². The van der Waals surface area contributed by atoms with Gasteiger partial charge >= 0.3 is 0 Å². The van der Waals surface area contributed by atoms with Gasteiger partial charge in [-0.25, -0.2) is 0 Å². The Labute approximate surface area is 84.8 Å². The van der Waals surface area contributed by atoms with Gasteiger partial charge in [-0.3, -0.25) is 0 Å². The monoisotopic (exact) mass is 192 g/mol. The predicted octanol–water partition coefficient (Wildman–Crippen LogP) is 2.47. The molecular formula is C12H16O2. The second-order valence-corrected chi connectivity index (χ2v) is 3.93. The fraction of sp³-hybridized carbons (Fsp3) is 0.500. The lowest BCUT2D eigenvalue weighted by Gasteiger charge is -2.12. The Hall–Kier alpha value is -1.02. The Kier molecular flexibility index (Phi) is 2.73. The molecule has 2 rings (SSSR count). The molecule has 0 N–H and O–H groups in total. The minimum absolute atomic E-state index is 0.246. The summed E-state index contributed by atoms with van der Waals surface area (Å²) in [5.41, 5.74) is 2.50. The van der Waals surface area contributed by atoms with Crippen molar-refractivity contribution in [2.75, 3.05) is 13.2 Å². The van der Waals surface area contributed by atoms with Gasteiger partial charge in [0.05, 0.1) is 13.2 Å². The van der Waals surface area contributed by atoms with Gasteiger partial charge in [-0.05, 0) is 37.1 Å². The highest BCUT2D eigenvalue weighted by Gasteiger charge is 2.17. The van der Waals surface area contributed by atoms with Gasteiger partial charge in [0.2, 0.25) is 0 Å². The van der Waals surface area contributed by atoms with E-state index in [1.54, 1.807) is 0 Å². The molecule has 0 aliphatic carbocycles. The average molecular weight is 192 g/mol. The van der Waals surface area contributed by atoms with E-state index in [2.05, 4.69) is 32.0 Å². The van der Waals surface area contributed by atoms with Crippen LogP contribution in [0.1, 0.15) is 17.5 Å². The molecule has 76 valence electrons. The van der Waals surface area contributed by atoms with Gasteiger partial charge in [-0.1, -0.05) is 6.07 Å². The van der Waals surface area contributed by atoms with Crippen LogP contribution in [0.15, 0.2) is 18.2 Å². The first kappa shape index (κ1) is 9.53. The second-order valence-electron chi connectivity index (χ2n) is 3.93. The highest BCUT2D eigenvalue weighted by atomic mass is 16.5. The van der Waals surface area contributed by atoms with Crippen molar-refractivity contribution in [3.8, 4) is 5.75 Å². The highest BCUT2D eigenvalue weighted by molar-refractivity contribution is 5.33. The van der Waals surface area contributed by atoms with Crippen LogP contribution in [0.5, 0.6) is 5.75 Å². The van der Waals surface area contributed by atoms with Crippen LogP contribution in [0.25, 0.3) is 0 Å². The van der Waals surface area contributed by atoms with Gasteiger partial charge in [-0.15, -0.1) is 0 Å². The first-order valence-corrected chi connectivity index (χ1v) is 5.07. The number of benzene rings is 1. The molecule has 1 aliphatic heterocycles. The summed E-state index contributed by atoms with van der Waals surface area (Å²) in [6, 6.07) is 6.30. The van der Waals surface area contributed by atoms with Crippen molar-refractivity contribution in [1.82, 2.24) is 0 Å². The van der Waals surface area contributed by atoms with E-state index < -0.39 is 0 Å². The van der Waals surface area contributed by atoms with Crippen LogP contribution in [-0.2, 0) is 4.74 Å². The van der Waals surface area contributed by atoms with Gasteiger partial charge in [0.1, 0.15) is 11.9 Å². The summed E-state index contributed by atoms with van der Waals surface area (Å²) in [5, 5.41) is 0. The molecule has 0 bridgehead atoms. The summed E-state index contributed by atoms with van der Waals surface area (Å²) in [5.74, 6) is 0.970. The number of ether oxygens (including phenoxy) is 2. The van der Waals surface area contributed by atoms with Crippen molar-refractivity contribution in [2.24, 2.45) is 0 Å². The molecule has 0 saturated carbocycles. The maximum Gasteiger partial charge on any atom is 0.124 e. The van der Waals surface area contributed by atoms with Gasteiger partial charge in [0, 0.05) is 6.42 Å². The minimum Gasteiger partial charge on any atom is -0.488 e. The summed E-state index contributed by atoms with van der Waals surface area (Å²) < 4.78 is 11.1. The SMILES string of the molecule is Cc1cc(C)cc(OC2CCOC2)c1. The topological polar surface area (TPSA) is 18.5 Å². The van der Waals surface area contributed by atoms with E-state index in [4.69, 9.17) is 9.47 Å². The molecule has 0 amide bonds. The molecule has 1 aliphatic rings. The number of hydrogen-bond donors (Lipinski definition) is 0. The van der Waals surface area contributed by atoms with Crippen molar-refractivity contribution in [2.45, 2.75) is 26.4 Å². The number of aryl methyl sites for hydroxylation is 2. The zero-order valence-corrected chi connectivity index (χ0v) is 8.75. The summed E-state index contributed by atoms with van der Waals surface area (Å²) in [6.45, 7) is 5.73. The Balaban J connectivity index is 2.07. The molecule has 2 heteroatoms. The Morgan fingerprint density at radius 3 is 2.50 bits per heavy atom. The van der Waals surface area contributed by atoms with Crippen molar-refractivity contribution in [3.05, 3.63) is 29.3 Å². The van der Waals surface area contributed by atoms with Gasteiger partial charge < -0.3 is 9.47 Å². The van der Waals surface area contributed by atoms with Gasteiger partial charge in [0.25, 0.3) is 0 Å². The van der Waals surface area contributed by atoms with Crippen molar-refractivity contribution >= 4 is 0 Å². The zero-order chi connectivity index (χ0) is 9.97. The fourth-order valence-corrected chi connectivity index (χ4v) is 1.80. The quantitative estimate of drug-likeness (QED) is 0.716. The lowest BCUT2D eigenvalue weighted by molar-refractivity contribution is 0.141. The molecule has 0 spiro atoms. The number of rotatable bonds is 2. The van der Waals surface area contributed by atoms with Crippen LogP contribution in [0, 0.1) is 13.8 Å². The van der Waals surface area contributed by atoms with Crippen LogP contribution in [0.2, 0.25) is 0 Å². The maximum atomic E-state index is 5.81. The van der Waals surface area contributed by atoms with Crippen molar-refractivity contribution < 1.29 is 9.47 Å². The molecule has 1 aromatic carbocycles. The Morgan fingerprint density at radius 2 is 1.93 bits per heavy atom. The van der Waals surface area contributed by atoms with Crippen LogP contribution >= 0.6 is 0 Å². The molecule has 1 aromatic rings. The molecule has 1 fully saturated rings. The molecule has 0 aromatic heterocycles. The fourth-order valence-electron chi connectivity index (χ4n) is 1.80. The molecular weight excluding hydrogens is 176 g/mol. The third-order valence-electron chi connectivity index (χ3n) is 2.39. The van der Waals surface area contributed by atoms with E-state index in [9.17, 15) is 0 Å². The first-order chi connectivity index (χ1) is 6.74. The van der Waals surface area contributed by atoms with E-state index in [0.29, 0.717) is 0 Å². The largest absolute Gasteiger partial charge is 0.488 e. The molecule has 1 unspecified atom stereocenters. The molecule has 1 atom stereocenters. The standard InChI is InChI=1S/C12H16O2/c1-9-5-10(2)7-12(6-9)14-11-3-4-13-8-11/h5-7,11H,3-4,8H2,1-2H3. The van der Waals surface area contributed by atoms with E-state index in [-0.39, 0.29) is 6.10 Å². The summed E-state index contributed by atoms with van der Waals surface area (Å²) >= 11 is 0. The molecule has 1 saturated heterocycles. The zero-order valence-electron chi connectivity index (χ0n) is 8.75. The smallest absolute Gasteiger partial charge is 0.124 e. The van der Waals surface area contributed by atoms with Gasteiger partial charge in [0.15, 0.2) is 0 Å².